The summed E-state index contributed by atoms with van der Waals surface area (Å²) in [6, 6.07) is 0. The minimum atomic E-state index is -0.164. The second kappa shape index (κ2) is 6.72. The molecule has 7 nitrogen and oxygen atoms in total. The van der Waals surface area contributed by atoms with E-state index in [1.54, 1.807) is 0 Å². The van der Waals surface area contributed by atoms with Crippen molar-refractivity contribution in [3.63, 3.8) is 0 Å². The topological polar surface area (TPSA) is 83.4 Å². The van der Waals surface area contributed by atoms with E-state index in [0.717, 1.165) is 38.9 Å². The van der Waals surface area contributed by atoms with E-state index in [1.807, 2.05) is 4.90 Å². The summed E-state index contributed by atoms with van der Waals surface area (Å²) in [5.74, 6) is 1.55. The molecule has 0 bridgehead atoms. The summed E-state index contributed by atoms with van der Waals surface area (Å²) in [6.45, 7) is 3.61. The van der Waals surface area contributed by atoms with Crippen LogP contribution in [-0.2, 0) is 4.74 Å². The first-order chi connectivity index (χ1) is 10.2. The van der Waals surface area contributed by atoms with E-state index in [0.29, 0.717) is 31.0 Å². The van der Waals surface area contributed by atoms with Crippen LogP contribution in [0.15, 0.2) is 0 Å². The first-order valence-electron chi connectivity index (χ1n) is 7.37. The van der Waals surface area contributed by atoms with Crippen molar-refractivity contribution in [2.24, 2.45) is 5.92 Å². The molecule has 3 rings (SSSR count). The predicted molar refractivity (Wildman–Crippen MR) is 79.7 cm³/mol. The average Bonchev–Trinajstić information content (AvgIpc) is 2.91. The van der Waals surface area contributed by atoms with E-state index in [9.17, 15) is 5.11 Å². The number of hydrogen-bond donors (Lipinski definition) is 2. The summed E-state index contributed by atoms with van der Waals surface area (Å²) in [7, 11) is 0. The maximum absolute atomic E-state index is 9.55. The molecular weight excluding hydrogens is 294 g/mol. The van der Waals surface area contributed by atoms with Gasteiger partial charge in [-0.3, -0.25) is 0 Å². The Morgan fingerprint density at radius 3 is 2.76 bits per heavy atom. The number of aliphatic hydroxyl groups is 1. The number of aliphatic hydroxyl groups excluding tert-OH is 1. The van der Waals surface area contributed by atoms with E-state index in [2.05, 4.69) is 20.3 Å². The molecule has 8 heteroatoms. The van der Waals surface area contributed by atoms with Crippen LogP contribution in [0.4, 0.5) is 11.9 Å². The molecule has 1 aliphatic heterocycles. The Morgan fingerprint density at radius 2 is 2.05 bits per heavy atom. The molecule has 0 spiro atoms. The highest BCUT2D eigenvalue weighted by molar-refractivity contribution is 6.28. The molecule has 2 fully saturated rings. The molecule has 0 radical (unpaired) electrons. The Labute approximate surface area is 128 Å². The van der Waals surface area contributed by atoms with Gasteiger partial charge in [0.1, 0.15) is 0 Å². The van der Waals surface area contributed by atoms with Gasteiger partial charge in [-0.1, -0.05) is 0 Å². The van der Waals surface area contributed by atoms with Gasteiger partial charge in [0.2, 0.25) is 17.2 Å². The normalized spacial score (nSPS) is 26.1. The quantitative estimate of drug-likeness (QED) is 0.855. The van der Waals surface area contributed by atoms with Crippen LogP contribution in [0.5, 0.6) is 0 Å². The molecule has 1 aromatic rings. The van der Waals surface area contributed by atoms with E-state index in [4.69, 9.17) is 16.3 Å². The molecule has 0 aromatic carbocycles. The maximum atomic E-state index is 9.55. The molecule has 1 aliphatic carbocycles. The Morgan fingerprint density at radius 1 is 1.24 bits per heavy atom. The molecule has 1 saturated heterocycles. The average molecular weight is 314 g/mol. The van der Waals surface area contributed by atoms with E-state index in [-0.39, 0.29) is 11.4 Å². The van der Waals surface area contributed by atoms with Crippen molar-refractivity contribution in [2.75, 3.05) is 43.1 Å². The summed E-state index contributed by atoms with van der Waals surface area (Å²) in [5, 5.41) is 13.0. The fourth-order valence-corrected chi connectivity index (χ4v) is 2.95. The van der Waals surface area contributed by atoms with Crippen molar-refractivity contribution in [1.29, 1.82) is 0 Å². The fraction of sp³-hybridized carbons (Fsp3) is 0.769. The molecule has 2 N–H and O–H groups in total. The predicted octanol–water partition coefficient (Wildman–Crippen LogP) is 0.934. The molecule has 116 valence electrons. The molecule has 2 atom stereocenters. The molecule has 2 heterocycles. The van der Waals surface area contributed by atoms with Crippen molar-refractivity contribution >= 4 is 23.5 Å². The van der Waals surface area contributed by atoms with Crippen molar-refractivity contribution < 1.29 is 9.84 Å². The lowest BCUT2D eigenvalue weighted by Crippen LogP contribution is -2.37. The van der Waals surface area contributed by atoms with Gasteiger partial charge in [-0.25, -0.2) is 0 Å². The van der Waals surface area contributed by atoms with Crippen molar-refractivity contribution in [1.82, 2.24) is 15.0 Å². The lowest BCUT2D eigenvalue weighted by molar-refractivity contribution is 0.122. The lowest BCUT2D eigenvalue weighted by Gasteiger charge is -2.26. The number of halogens is 1. The van der Waals surface area contributed by atoms with Crippen LogP contribution in [-0.4, -0.2) is 59.0 Å². The van der Waals surface area contributed by atoms with Gasteiger partial charge in [0.25, 0.3) is 0 Å². The van der Waals surface area contributed by atoms with Crippen LogP contribution in [0.25, 0.3) is 0 Å². The van der Waals surface area contributed by atoms with Crippen LogP contribution >= 0.6 is 11.6 Å². The van der Waals surface area contributed by atoms with Crippen LogP contribution in [0.1, 0.15) is 19.3 Å². The standard InChI is InChI=1S/C13H20ClN5O2/c14-11-16-12(15-8-9-1-2-10(20)7-9)18-13(17-11)19-3-5-21-6-4-19/h9-10,20H,1-8H2,(H,15,16,17,18). The highest BCUT2D eigenvalue weighted by Crippen LogP contribution is 2.25. The van der Waals surface area contributed by atoms with E-state index >= 15 is 0 Å². The summed E-state index contributed by atoms with van der Waals surface area (Å²) in [6.07, 6.45) is 2.58. The third-order valence-corrected chi connectivity index (χ3v) is 4.12. The van der Waals surface area contributed by atoms with Crippen LogP contribution < -0.4 is 10.2 Å². The Hall–Kier alpha value is -1.18. The van der Waals surface area contributed by atoms with Crippen molar-refractivity contribution in [3.8, 4) is 0 Å². The largest absolute Gasteiger partial charge is 0.393 e. The molecule has 0 amide bonds. The SMILES string of the molecule is OC1CCC(CNc2nc(Cl)nc(N3CCOCC3)n2)C1. The number of rotatable bonds is 4. The molecular formula is C13H20ClN5O2. The van der Waals surface area contributed by atoms with Gasteiger partial charge in [0, 0.05) is 19.6 Å². The minimum absolute atomic E-state index is 0.164. The van der Waals surface area contributed by atoms with Gasteiger partial charge in [-0.05, 0) is 36.8 Å². The second-order valence-electron chi connectivity index (χ2n) is 5.54. The van der Waals surface area contributed by atoms with Crippen molar-refractivity contribution in [3.05, 3.63) is 5.28 Å². The van der Waals surface area contributed by atoms with Crippen LogP contribution in [0.3, 0.4) is 0 Å². The number of morpholine rings is 1. The zero-order valence-electron chi connectivity index (χ0n) is 11.8. The Bertz CT molecular complexity index is 484. The number of anilines is 2. The maximum Gasteiger partial charge on any atom is 0.231 e. The summed E-state index contributed by atoms with van der Waals surface area (Å²) >= 11 is 5.99. The van der Waals surface area contributed by atoms with Crippen LogP contribution in [0, 0.1) is 5.92 Å². The molecule has 1 saturated carbocycles. The second-order valence-corrected chi connectivity index (χ2v) is 5.88. The lowest BCUT2D eigenvalue weighted by atomic mass is 10.1. The molecule has 1 aromatic heterocycles. The summed E-state index contributed by atoms with van der Waals surface area (Å²) in [5.41, 5.74) is 0. The monoisotopic (exact) mass is 313 g/mol. The number of aromatic nitrogens is 3. The van der Waals surface area contributed by atoms with E-state index < -0.39 is 0 Å². The zero-order chi connectivity index (χ0) is 14.7. The van der Waals surface area contributed by atoms with Crippen molar-refractivity contribution in [2.45, 2.75) is 25.4 Å². The Balaban J connectivity index is 1.63. The van der Waals surface area contributed by atoms with Gasteiger partial charge < -0.3 is 20.1 Å². The van der Waals surface area contributed by atoms with Gasteiger partial charge in [0.15, 0.2) is 0 Å². The first-order valence-corrected chi connectivity index (χ1v) is 7.74. The highest BCUT2D eigenvalue weighted by atomic mass is 35.5. The number of ether oxygens (including phenoxy) is 1. The van der Waals surface area contributed by atoms with Gasteiger partial charge in [-0.2, -0.15) is 15.0 Å². The van der Waals surface area contributed by atoms with Crippen LogP contribution in [0.2, 0.25) is 5.28 Å². The number of nitrogens with one attached hydrogen (secondary N) is 1. The molecule has 2 aliphatic rings. The van der Waals surface area contributed by atoms with Gasteiger partial charge in [0.05, 0.1) is 19.3 Å². The Kier molecular flexibility index (Phi) is 4.72. The first kappa shape index (κ1) is 14.7. The third-order valence-electron chi connectivity index (χ3n) is 3.95. The highest BCUT2D eigenvalue weighted by Gasteiger charge is 2.23. The fourth-order valence-electron chi connectivity index (χ4n) is 2.79. The van der Waals surface area contributed by atoms with Gasteiger partial charge >= 0.3 is 0 Å². The summed E-state index contributed by atoms with van der Waals surface area (Å²) < 4.78 is 5.32. The molecule has 21 heavy (non-hydrogen) atoms. The van der Waals surface area contributed by atoms with E-state index in [1.165, 1.54) is 0 Å². The third kappa shape index (κ3) is 3.93. The number of hydrogen-bond acceptors (Lipinski definition) is 7. The summed E-state index contributed by atoms with van der Waals surface area (Å²) in [4.78, 5) is 14.8. The number of nitrogens with zero attached hydrogens (tertiary/aromatic N) is 4. The minimum Gasteiger partial charge on any atom is -0.393 e. The smallest absolute Gasteiger partial charge is 0.231 e. The van der Waals surface area contributed by atoms with Gasteiger partial charge in [-0.15, -0.1) is 0 Å². The molecule has 2 unspecified atom stereocenters. The zero-order valence-corrected chi connectivity index (χ0v) is 12.6.